The Labute approximate surface area is 194 Å². The Kier molecular flexibility index (Phi) is 6.61. The summed E-state index contributed by atoms with van der Waals surface area (Å²) in [5.74, 6) is 0.226. The van der Waals surface area contributed by atoms with Crippen molar-refractivity contribution in [1.82, 2.24) is 14.4 Å². The number of amides is 1. The highest BCUT2D eigenvalue weighted by molar-refractivity contribution is 6.31. The van der Waals surface area contributed by atoms with Gasteiger partial charge in [0.15, 0.2) is 0 Å². The molecule has 1 aliphatic rings. The van der Waals surface area contributed by atoms with E-state index in [2.05, 4.69) is 30.4 Å². The zero-order valence-corrected chi connectivity index (χ0v) is 19.9. The van der Waals surface area contributed by atoms with Crippen LogP contribution in [0.5, 0.6) is 0 Å². The lowest BCUT2D eigenvalue weighted by molar-refractivity contribution is -0.133. The first-order chi connectivity index (χ1) is 14.8. The Morgan fingerprint density at radius 1 is 0.968 bits per heavy atom. The number of hydrogen-bond donors (Lipinski definition) is 0. The molecule has 4 nitrogen and oxygen atoms in total. The number of carbonyl (C=O) groups is 1. The summed E-state index contributed by atoms with van der Waals surface area (Å²) < 4.78 is 2.19. The van der Waals surface area contributed by atoms with Gasteiger partial charge in [-0.25, -0.2) is 0 Å². The molecule has 3 aromatic rings. The summed E-state index contributed by atoms with van der Waals surface area (Å²) in [6, 6.07) is 14.4. The SMILES string of the molecule is CC(C)N1CCN(C(=O)CCc2c(-c3ccc(Cl)cc3)n(C)c3ccc(Cl)cc23)CC1. The number of benzene rings is 2. The molecule has 164 valence electrons. The van der Waals surface area contributed by atoms with Gasteiger partial charge in [-0.1, -0.05) is 35.3 Å². The Morgan fingerprint density at radius 2 is 1.61 bits per heavy atom. The predicted octanol–water partition coefficient (Wildman–Crippen LogP) is 5.64. The largest absolute Gasteiger partial charge is 0.343 e. The molecule has 1 amide bonds. The molecular formula is C25H29Cl2N3O. The van der Waals surface area contributed by atoms with E-state index in [9.17, 15) is 4.79 Å². The predicted molar refractivity (Wildman–Crippen MR) is 130 cm³/mol. The molecule has 0 spiro atoms. The van der Waals surface area contributed by atoms with E-state index < -0.39 is 0 Å². The first-order valence-electron chi connectivity index (χ1n) is 10.9. The Morgan fingerprint density at radius 3 is 2.26 bits per heavy atom. The summed E-state index contributed by atoms with van der Waals surface area (Å²) in [6.07, 6.45) is 1.17. The minimum absolute atomic E-state index is 0.226. The number of hydrogen-bond acceptors (Lipinski definition) is 2. The number of aryl methyl sites for hydroxylation is 2. The monoisotopic (exact) mass is 457 g/mol. The van der Waals surface area contributed by atoms with Crippen LogP contribution in [0.3, 0.4) is 0 Å². The number of fused-ring (bicyclic) bond motifs is 1. The van der Waals surface area contributed by atoms with Gasteiger partial charge in [0.1, 0.15) is 0 Å². The van der Waals surface area contributed by atoms with Crippen LogP contribution in [-0.2, 0) is 18.3 Å². The average molecular weight is 458 g/mol. The van der Waals surface area contributed by atoms with Crippen molar-refractivity contribution in [2.24, 2.45) is 7.05 Å². The minimum atomic E-state index is 0.226. The van der Waals surface area contributed by atoms with Gasteiger partial charge in [0.25, 0.3) is 0 Å². The van der Waals surface area contributed by atoms with Gasteiger partial charge in [-0.05, 0) is 61.7 Å². The summed E-state index contributed by atoms with van der Waals surface area (Å²) in [5.41, 5.74) is 4.48. The van der Waals surface area contributed by atoms with E-state index in [1.807, 2.05) is 47.4 Å². The maximum absolute atomic E-state index is 13.0. The van der Waals surface area contributed by atoms with Crippen molar-refractivity contribution in [1.29, 1.82) is 0 Å². The third-order valence-electron chi connectivity index (χ3n) is 6.37. The highest BCUT2D eigenvalue weighted by Crippen LogP contribution is 2.36. The summed E-state index contributed by atoms with van der Waals surface area (Å²) in [6.45, 7) is 7.93. The molecule has 0 aliphatic carbocycles. The van der Waals surface area contributed by atoms with E-state index in [-0.39, 0.29) is 5.91 Å². The average Bonchev–Trinajstić information content (AvgIpc) is 3.03. The number of carbonyl (C=O) groups excluding carboxylic acids is 1. The van der Waals surface area contributed by atoms with Crippen LogP contribution < -0.4 is 0 Å². The van der Waals surface area contributed by atoms with Gasteiger partial charge in [-0.3, -0.25) is 9.69 Å². The number of nitrogens with zero attached hydrogens (tertiary/aromatic N) is 3. The second-order valence-corrected chi connectivity index (χ2v) is 9.44. The molecule has 0 N–H and O–H groups in total. The lowest BCUT2D eigenvalue weighted by atomic mass is 10.0. The molecule has 1 fully saturated rings. The van der Waals surface area contributed by atoms with Gasteiger partial charge < -0.3 is 9.47 Å². The summed E-state index contributed by atoms with van der Waals surface area (Å²) in [4.78, 5) is 17.4. The molecular weight excluding hydrogens is 429 g/mol. The second kappa shape index (κ2) is 9.23. The van der Waals surface area contributed by atoms with Crippen molar-refractivity contribution >= 4 is 40.0 Å². The fraction of sp³-hybridized carbons (Fsp3) is 0.400. The van der Waals surface area contributed by atoms with E-state index >= 15 is 0 Å². The highest BCUT2D eigenvalue weighted by atomic mass is 35.5. The summed E-state index contributed by atoms with van der Waals surface area (Å²) in [7, 11) is 2.07. The second-order valence-electron chi connectivity index (χ2n) is 8.57. The molecule has 1 aliphatic heterocycles. The zero-order valence-electron chi connectivity index (χ0n) is 18.4. The van der Waals surface area contributed by atoms with Crippen LogP contribution in [0.15, 0.2) is 42.5 Å². The van der Waals surface area contributed by atoms with Crippen molar-refractivity contribution < 1.29 is 4.79 Å². The molecule has 31 heavy (non-hydrogen) atoms. The smallest absolute Gasteiger partial charge is 0.222 e. The van der Waals surface area contributed by atoms with Crippen LogP contribution in [0, 0.1) is 0 Å². The first-order valence-corrected chi connectivity index (χ1v) is 11.7. The molecule has 0 saturated carbocycles. The third-order valence-corrected chi connectivity index (χ3v) is 6.86. The maximum atomic E-state index is 13.0. The standard InChI is InChI=1S/C25H29Cl2N3O/c1-17(2)29-12-14-30(15-13-29)24(31)11-9-21-22-16-20(27)8-10-23(22)28(3)25(21)18-4-6-19(26)7-5-18/h4-8,10,16-17H,9,11-15H2,1-3H3. The third kappa shape index (κ3) is 4.62. The first kappa shape index (κ1) is 22.2. The molecule has 0 atom stereocenters. The fourth-order valence-corrected chi connectivity index (χ4v) is 4.90. The molecule has 6 heteroatoms. The van der Waals surface area contributed by atoms with Crippen LogP contribution in [0.4, 0.5) is 0 Å². The minimum Gasteiger partial charge on any atom is -0.343 e. The van der Waals surface area contributed by atoms with Gasteiger partial charge in [0.05, 0.1) is 5.69 Å². The van der Waals surface area contributed by atoms with Gasteiger partial charge in [0, 0.05) is 66.6 Å². The van der Waals surface area contributed by atoms with E-state index in [0.717, 1.165) is 53.9 Å². The molecule has 1 aromatic heterocycles. The lowest BCUT2D eigenvalue weighted by Gasteiger charge is -2.37. The van der Waals surface area contributed by atoms with Gasteiger partial charge in [0.2, 0.25) is 5.91 Å². The van der Waals surface area contributed by atoms with Crippen molar-refractivity contribution in [2.75, 3.05) is 26.2 Å². The number of rotatable bonds is 5. The zero-order chi connectivity index (χ0) is 22.1. The van der Waals surface area contributed by atoms with Crippen LogP contribution in [0.25, 0.3) is 22.2 Å². The Balaban J connectivity index is 1.61. The van der Waals surface area contributed by atoms with Crippen LogP contribution in [0.2, 0.25) is 10.0 Å². The van der Waals surface area contributed by atoms with Crippen LogP contribution in [-0.4, -0.2) is 52.5 Å². The Bertz CT molecular complexity index is 1080. The van der Waals surface area contributed by atoms with Gasteiger partial charge >= 0.3 is 0 Å². The topological polar surface area (TPSA) is 28.5 Å². The summed E-state index contributed by atoms with van der Waals surface area (Å²) >= 11 is 12.5. The van der Waals surface area contributed by atoms with Crippen molar-refractivity contribution in [3.05, 3.63) is 58.1 Å². The van der Waals surface area contributed by atoms with E-state index in [0.29, 0.717) is 28.9 Å². The number of halogens is 2. The number of piperazine rings is 1. The molecule has 0 bridgehead atoms. The molecule has 2 aromatic carbocycles. The lowest BCUT2D eigenvalue weighted by Crippen LogP contribution is -2.50. The van der Waals surface area contributed by atoms with Crippen molar-refractivity contribution in [3.63, 3.8) is 0 Å². The van der Waals surface area contributed by atoms with E-state index in [1.54, 1.807) is 0 Å². The molecule has 0 unspecified atom stereocenters. The molecule has 4 rings (SSSR count). The van der Waals surface area contributed by atoms with E-state index in [4.69, 9.17) is 23.2 Å². The number of aromatic nitrogens is 1. The fourth-order valence-electron chi connectivity index (χ4n) is 4.60. The van der Waals surface area contributed by atoms with Gasteiger partial charge in [-0.2, -0.15) is 0 Å². The van der Waals surface area contributed by atoms with Crippen LogP contribution >= 0.6 is 23.2 Å². The van der Waals surface area contributed by atoms with Crippen molar-refractivity contribution in [2.45, 2.75) is 32.7 Å². The quantitative estimate of drug-likeness (QED) is 0.495. The highest BCUT2D eigenvalue weighted by Gasteiger charge is 2.24. The molecule has 1 saturated heterocycles. The molecule has 0 radical (unpaired) electrons. The molecule has 2 heterocycles. The normalized spacial score (nSPS) is 15.2. The maximum Gasteiger partial charge on any atom is 0.222 e. The van der Waals surface area contributed by atoms with Crippen molar-refractivity contribution in [3.8, 4) is 11.3 Å². The van der Waals surface area contributed by atoms with Crippen LogP contribution in [0.1, 0.15) is 25.8 Å². The van der Waals surface area contributed by atoms with Gasteiger partial charge in [-0.15, -0.1) is 0 Å². The Hall–Kier alpha value is -2.01. The summed E-state index contributed by atoms with van der Waals surface area (Å²) in [5, 5.41) is 2.53. The van der Waals surface area contributed by atoms with E-state index in [1.165, 1.54) is 0 Å².